The molecule has 1 aliphatic heterocycles. The molecule has 0 unspecified atom stereocenters. The molecule has 1 fully saturated rings. The lowest BCUT2D eigenvalue weighted by molar-refractivity contribution is 0.327. The first-order valence-corrected chi connectivity index (χ1v) is 10.1. The molecule has 1 aromatic rings. The van der Waals surface area contributed by atoms with Gasteiger partial charge in [-0.1, -0.05) is 12.8 Å². The van der Waals surface area contributed by atoms with Crippen LogP contribution in [-0.4, -0.2) is 51.8 Å². The van der Waals surface area contributed by atoms with Gasteiger partial charge in [0.25, 0.3) is 0 Å². The van der Waals surface area contributed by atoms with E-state index in [1.807, 2.05) is 0 Å². The number of benzene rings is 1. The summed E-state index contributed by atoms with van der Waals surface area (Å²) in [5.41, 5.74) is 6.54. The Morgan fingerprint density at radius 3 is 2.36 bits per heavy atom. The summed E-state index contributed by atoms with van der Waals surface area (Å²) in [7, 11) is -3.26. The van der Waals surface area contributed by atoms with E-state index < -0.39 is 10.0 Å². The van der Waals surface area contributed by atoms with Gasteiger partial charge in [0.1, 0.15) is 12.4 Å². The van der Waals surface area contributed by atoms with Crippen molar-refractivity contribution in [1.82, 2.24) is 4.90 Å². The monoisotopic (exact) mass is 482 g/mol. The zero-order valence-electron chi connectivity index (χ0n) is 14.5. The van der Waals surface area contributed by atoms with Gasteiger partial charge in [0.05, 0.1) is 12.8 Å². The fourth-order valence-corrected chi connectivity index (χ4v) is 3.12. The minimum atomic E-state index is -3.26. The molecule has 2 rings (SSSR count). The number of hydrogen-bond donors (Lipinski definition) is 2. The van der Waals surface area contributed by atoms with Gasteiger partial charge in [-0.25, -0.2) is 13.4 Å². The van der Waals surface area contributed by atoms with Gasteiger partial charge >= 0.3 is 0 Å². The maximum absolute atomic E-state index is 11.1. The number of nitrogens with one attached hydrogen (secondary N) is 1. The summed E-state index contributed by atoms with van der Waals surface area (Å²) < 4.78 is 30.3. The number of nitrogens with two attached hydrogens (primary N) is 1. The highest BCUT2D eigenvalue weighted by Gasteiger charge is 2.10. The quantitative estimate of drug-likeness (QED) is 0.281. The largest absolute Gasteiger partial charge is 0.492 e. The van der Waals surface area contributed by atoms with Crippen LogP contribution in [0.1, 0.15) is 25.7 Å². The van der Waals surface area contributed by atoms with Gasteiger partial charge in [0.15, 0.2) is 5.96 Å². The van der Waals surface area contributed by atoms with Crippen LogP contribution in [0.3, 0.4) is 0 Å². The third kappa shape index (κ3) is 8.61. The molecule has 0 aliphatic carbocycles. The van der Waals surface area contributed by atoms with Gasteiger partial charge < -0.3 is 15.4 Å². The lowest BCUT2D eigenvalue weighted by Crippen LogP contribution is -2.38. The molecule has 0 aromatic heterocycles. The van der Waals surface area contributed by atoms with Crippen LogP contribution in [0.25, 0.3) is 0 Å². The van der Waals surface area contributed by atoms with Crippen molar-refractivity contribution in [2.45, 2.75) is 25.7 Å². The zero-order chi connectivity index (χ0) is 17.4. The van der Waals surface area contributed by atoms with Crippen LogP contribution < -0.4 is 15.2 Å². The second kappa shape index (κ2) is 10.7. The van der Waals surface area contributed by atoms with E-state index in [0.29, 0.717) is 30.5 Å². The summed E-state index contributed by atoms with van der Waals surface area (Å²) in [4.78, 5) is 6.51. The molecule has 0 radical (unpaired) electrons. The van der Waals surface area contributed by atoms with Gasteiger partial charge in [-0.3, -0.25) is 4.72 Å². The van der Waals surface area contributed by atoms with Crippen LogP contribution in [0.15, 0.2) is 29.3 Å². The maximum atomic E-state index is 11.1. The Balaban J connectivity index is 0.00000312. The van der Waals surface area contributed by atoms with Gasteiger partial charge in [-0.2, -0.15) is 0 Å². The Bertz CT molecular complexity index is 642. The fourth-order valence-electron chi connectivity index (χ4n) is 2.56. The molecule has 0 amide bonds. The Labute approximate surface area is 167 Å². The predicted molar refractivity (Wildman–Crippen MR) is 112 cm³/mol. The van der Waals surface area contributed by atoms with Crippen LogP contribution in [-0.2, 0) is 10.0 Å². The first-order chi connectivity index (χ1) is 11.4. The van der Waals surface area contributed by atoms with Crippen molar-refractivity contribution < 1.29 is 13.2 Å². The Hall–Kier alpha value is -1.23. The van der Waals surface area contributed by atoms with E-state index in [1.165, 1.54) is 25.7 Å². The second-order valence-corrected chi connectivity index (χ2v) is 7.64. The van der Waals surface area contributed by atoms with Crippen molar-refractivity contribution >= 4 is 45.6 Å². The van der Waals surface area contributed by atoms with Crippen molar-refractivity contribution in [2.24, 2.45) is 10.7 Å². The predicted octanol–water partition coefficient (Wildman–Crippen LogP) is 2.25. The summed E-state index contributed by atoms with van der Waals surface area (Å²) in [6.45, 7) is 2.87. The highest BCUT2D eigenvalue weighted by atomic mass is 127. The minimum absolute atomic E-state index is 0. The van der Waals surface area contributed by atoms with Gasteiger partial charge in [0, 0.05) is 18.8 Å². The summed E-state index contributed by atoms with van der Waals surface area (Å²) in [5.74, 6) is 1.26. The number of aliphatic imine (C=N–C) groups is 1. The number of sulfonamides is 1. The topological polar surface area (TPSA) is 97.0 Å². The summed E-state index contributed by atoms with van der Waals surface area (Å²) in [6, 6.07) is 6.75. The van der Waals surface area contributed by atoms with E-state index in [2.05, 4.69) is 14.6 Å². The van der Waals surface area contributed by atoms with Crippen LogP contribution in [0.4, 0.5) is 5.69 Å². The lowest BCUT2D eigenvalue weighted by atomic mass is 10.2. The van der Waals surface area contributed by atoms with E-state index in [0.717, 1.165) is 19.3 Å². The number of nitrogens with zero attached hydrogens (tertiary/aromatic N) is 2. The molecule has 0 atom stereocenters. The molecule has 142 valence electrons. The van der Waals surface area contributed by atoms with Gasteiger partial charge in [-0.05, 0) is 37.1 Å². The zero-order valence-corrected chi connectivity index (χ0v) is 17.6. The first kappa shape index (κ1) is 21.8. The van der Waals surface area contributed by atoms with E-state index in [4.69, 9.17) is 10.5 Å². The number of guanidine groups is 1. The Morgan fingerprint density at radius 1 is 1.20 bits per heavy atom. The van der Waals surface area contributed by atoms with Crippen LogP contribution >= 0.6 is 24.0 Å². The highest BCUT2D eigenvalue weighted by molar-refractivity contribution is 14.0. The second-order valence-electron chi connectivity index (χ2n) is 5.89. The van der Waals surface area contributed by atoms with E-state index in [1.54, 1.807) is 24.3 Å². The lowest BCUT2D eigenvalue weighted by Gasteiger charge is -2.21. The number of halogens is 1. The normalized spacial score (nSPS) is 15.9. The third-order valence-electron chi connectivity index (χ3n) is 3.72. The van der Waals surface area contributed by atoms with Gasteiger partial charge in [0.2, 0.25) is 10.0 Å². The molecule has 1 aromatic carbocycles. The third-order valence-corrected chi connectivity index (χ3v) is 4.33. The molecule has 1 aliphatic rings. The summed E-state index contributed by atoms with van der Waals surface area (Å²) in [5, 5.41) is 0. The fraction of sp³-hybridized carbons (Fsp3) is 0.562. The van der Waals surface area contributed by atoms with Gasteiger partial charge in [-0.15, -0.1) is 24.0 Å². The van der Waals surface area contributed by atoms with Crippen molar-refractivity contribution in [1.29, 1.82) is 0 Å². The van der Waals surface area contributed by atoms with E-state index in [9.17, 15) is 8.42 Å². The molecular weight excluding hydrogens is 455 g/mol. The molecule has 0 saturated carbocycles. The molecule has 0 bridgehead atoms. The Kier molecular flexibility index (Phi) is 9.33. The number of likely N-dealkylation sites (tertiary alicyclic amines) is 1. The maximum Gasteiger partial charge on any atom is 0.229 e. The van der Waals surface area contributed by atoms with Crippen LogP contribution in [0.2, 0.25) is 0 Å². The molecule has 7 nitrogen and oxygen atoms in total. The van der Waals surface area contributed by atoms with Crippen molar-refractivity contribution in [3.8, 4) is 5.75 Å². The Morgan fingerprint density at radius 2 is 1.80 bits per heavy atom. The average Bonchev–Trinajstić information content (AvgIpc) is 2.81. The van der Waals surface area contributed by atoms with Crippen LogP contribution in [0.5, 0.6) is 5.75 Å². The SMILES string of the molecule is CS(=O)(=O)Nc1ccc(OCCN=C(N)N2CCCCCC2)cc1.I. The van der Waals surface area contributed by atoms with E-state index >= 15 is 0 Å². The number of anilines is 1. The molecule has 3 N–H and O–H groups in total. The smallest absolute Gasteiger partial charge is 0.229 e. The van der Waals surface area contributed by atoms with Crippen molar-refractivity contribution in [3.05, 3.63) is 24.3 Å². The average molecular weight is 482 g/mol. The number of rotatable bonds is 6. The number of ether oxygens (including phenoxy) is 1. The van der Waals surface area contributed by atoms with Crippen LogP contribution in [0, 0.1) is 0 Å². The summed E-state index contributed by atoms with van der Waals surface area (Å²) in [6.07, 6.45) is 5.97. The van der Waals surface area contributed by atoms with Crippen molar-refractivity contribution in [2.75, 3.05) is 37.2 Å². The minimum Gasteiger partial charge on any atom is -0.492 e. The molecule has 1 heterocycles. The molecule has 0 spiro atoms. The standard InChI is InChI=1S/C16H26N4O3S.HI/c1-24(21,22)19-14-6-8-15(9-7-14)23-13-10-18-16(17)20-11-4-2-3-5-12-20;/h6-9,19H,2-5,10-13H2,1H3,(H2,17,18);1H. The highest BCUT2D eigenvalue weighted by Crippen LogP contribution is 2.16. The molecule has 1 saturated heterocycles. The molecular formula is C16H27IN4O3S. The summed E-state index contributed by atoms with van der Waals surface area (Å²) >= 11 is 0. The number of hydrogen-bond acceptors (Lipinski definition) is 4. The molecule has 25 heavy (non-hydrogen) atoms. The molecule has 9 heteroatoms. The first-order valence-electron chi connectivity index (χ1n) is 8.19. The van der Waals surface area contributed by atoms with E-state index in [-0.39, 0.29) is 24.0 Å². The van der Waals surface area contributed by atoms with Crippen molar-refractivity contribution in [3.63, 3.8) is 0 Å².